The molecule has 0 unspecified atom stereocenters. The van der Waals surface area contributed by atoms with Crippen molar-refractivity contribution in [2.24, 2.45) is 5.92 Å². The molecule has 0 aliphatic carbocycles. The van der Waals surface area contributed by atoms with E-state index in [0.717, 1.165) is 0 Å². The number of hydrogen-bond donors (Lipinski definition) is 2. The van der Waals surface area contributed by atoms with Crippen LogP contribution in [0.2, 0.25) is 0 Å². The van der Waals surface area contributed by atoms with Crippen LogP contribution in [0.15, 0.2) is 41.3 Å². The van der Waals surface area contributed by atoms with Gasteiger partial charge in [-0.15, -0.1) is 0 Å². The maximum absolute atomic E-state index is 13.4. The summed E-state index contributed by atoms with van der Waals surface area (Å²) in [5.74, 6) is -0.913. The number of amides is 2. The summed E-state index contributed by atoms with van der Waals surface area (Å²) in [6.45, 7) is 3.29. The van der Waals surface area contributed by atoms with Crippen molar-refractivity contribution < 1.29 is 27.5 Å². The third kappa shape index (κ3) is 4.76. The monoisotopic (exact) mass is 471 g/mol. The second kappa shape index (κ2) is 8.95. The largest absolute Gasteiger partial charge is 0.482 e. The number of nitrogens with zero attached hydrogens (tertiary/aromatic N) is 1. The molecule has 10 heteroatoms. The molecule has 0 spiro atoms. The summed E-state index contributed by atoms with van der Waals surface area (Å²) in [5.41, 5.74) is 1.90. The van der Waals surface area contributed by atoms with Crippen molar-refractivity contribution in [3.8, 4) is 5.75 Å². The van der Waals surface area contributed by atoms with E-state index in [0.29, 0.717) is 47.6 Å². The molecule has 2 aromatic rings. The maximum atomic E-state index is 13.4. The highest BCUT2D eigenvalue weighted by Crippen LogP contribution is 2.35. The van der Waals surface area contributed by atoms with Crippen molar-refractivity contribution >= 4 is 39.0 Å². The first-order valence-electron chi connectivity index (χ1n) is 10.6. The van der Waals surface area contributed by atoms with Crippen LogP contribution >= 0.6 is 0 Å². The van der Waals surface area contributed by atoms with Gasteiger partial charge in [-0.25, -0.2) is 8.42 Å². The highest BCUT2D eigenvalue weighted by atomic mass is 32.2. The fourth-order valence-corrected chi connectivity index (χ4v) is 5.81. The number of carbonyl (C=O) groups excluding carboxylic acids is 3. The number of benzene rings is 2. The molecule has 2 aliphatic rings. The van der Waals surface area contributed by atoms with Gasteiger partial charge in [0.15, 0.2) is 12.4 Å². The van der Waals surface area contributed by atoms with E-state index in [4.69, 9.17) is 4.74 Å². The first-order chi connectivity index (χ1) is 15.6. The zero-order chi connectivity index (χ0) is 23.8. The number of nitrogens with one attached hydrogen (secondary N) is 2. The van der Waals surface area contributed by atoms with Crippen molar-refractivity contribution in [1.29, 1.82) is 0 Å². The Kier molecular flexibility index (Phi) is 6.22. The second-order valence-corrected chi connectivity index (χ2v) is 10.2. The second-order valence-electron chi connectivity index (χ2n) is 8.28. The Hall–Kier alpha value is -3.24. The van der Waals surface area contributed by atoms with E-state index >= 15 is 0 Å². The van der Waals surface area contributed by atoms with Crippen molar-refractivity contribution in [3.05, 3.63) is 47.5 Å². The predicted molar refractivity (Wildman–Crippen MR) is 122 cm³/mol. The van der Waals surface area contributed by atoms with Crippen LogP contribution in [-0.2, 0) is 19.6 Å². The van der Waals surface area contributed by atoms with Crippen LogP contribution in [0.1, 0.15) is 35.7 Å². The van der Waals surface area contributed by atoms with Crippen LogP contribution in [0.4, 0.5) is 11.4 Å². The van der Waals surface area contributed by atoms with Crippen LogP contribution in [0.3, 0.4) is 0 Å². The normalized spacial score (nSPS) is 18.6. The van der Waals surface area contributed by atoms with Gasteiger partial charge in [-0.1, -0.05) is 12.1 Å². The summed E-state index contributed by atoms with van der Waals surface area (Å²) < 4.78 is 33.5. The van der Waals surface area contributed by atoms with Gasteiger partial charge in [0.05, 0.1) is 16.5 Å². The summed E-state index contributed by atoms with van der Waals surface area (Å²) >= 11 is 0. The van der Waals surface area contributed by atoms with Crippen LogP contribution in [0.5, 0.6) is 5.75 Å². The highest BCUT2D eigenvalue weighted by molar-refractivity contribution is 7.89. The summed E-state index contributed by atoms with van der Waals surface area (Å²) in [7, 11) is -3.88. The minimum atomic E-state index is -3.88. The molecule has 0 bridgehead atoms. The molecular weight excluding hydrogens is 446 g/mol. The van der Waals surface area contributed by atoms with Crippen molar-refractivity contribution in [1.82, 2.24) is 4.31 Å². The molecule has 0 saturated carbocycles. The Morgan fingerprint density at radius 1 is 1.21 bits per heavy atom. The van der Waals surface area contributed by atoms with Gasteiger partial charge in [0.25, 0.3) is 5.91 Å². The smallest absolute Gasteiger partial charge is 0.262 e. The third-order valence-corrected chi connectivity index (χ3v) is 7.83. The van der Waals surface area contributed by atoms with Crippen LogP contribution in [-0.4, -0.2) is 50.0 Å². The standard InChI is InChI=1S/C23H25N3O6S/c1-14-9-19-20(32-13-22(28)25-19)11-21(14)33(30,31)26-8-4-6-17(12-26)23(29)24-18-7-3-5-16(10-18)15(2)27/h3,5,7,9-11,17H,4,6,8,12-13H2,1-2H3,(H,24,29)(H,25,28)/t17-/m0/s1. The molecule has 33 heavy (non-hydrogen) atoms. The van der Waals surface area contributed by atoms with Gasteiger partial charge in [0, 0.05) is 30.4 Å². The SMILES string of the molecule is CC(=O)c1cccc(NC(=O)[C@H]2CCCN(S(=O)(=O)c3cc4c(cc3C)NC(=O)CO4)C2)c1. The Balaban J connectivity index is 1.52. The fourth-order valence-electron chi connectivity index (χ4n) is 4.07. The summed E-state index contributed by atoms with van der Waals surface area (Å²) in [5, 5.41) is 5.47. The molecule has 1 fully saturated rings. The lowest BCUT2D eigenvalue weighted by Crippen LogP contribution is -2.43. The molecular formula is C23H25N3O6S. The highest BCUT2D eigenvalue weighted by Gasteiger charge is 2.35. The lowest BCUT2D eigenvalue weighted by Gasteiger charge is -2.32. The molecule has 0 radical (unpaired) electrons. The third-order valence-electron chi connectivity index (χ3n) is 5.82. The van der Waals surface area contributed by atoms with Crippen LogP contribution in [0.25, 0.3) is 0 Å². The topological polar surface area (TPSA) is 122 Å². The van der Waals surface area contributed by atoms with E-state index in [-0.39, 0.29) is 35.6 Å². The number of piperidine rings is 1. The number of ketones is 1. The van der Waals surface area contributed by atoms with Gasteiger partial charge < -0.3 is 15.4 Å². The molecule has 2 aromatic carbocycles. The average molecular weight is 472 g/mol. The van der Waals surface area contributed by atoms with Crippen molar-refractivity contribution in [2.75, 3.05) is 30.3 Å². The lowest BCUT2D eigenvalue weighted by molar-refractivity contribution is -0.121. The zero-order valence-electron chi connectivity index (χ0n) is 18.4. The number of ether oxygens (including phenoxy) is 1. The average Bonchev–Trinajstić information content (AvgIpc) is 2.78. The molecule has 174 valence electrons. The molecule has 1 saturated heterocycles. The van der Waals surface area contributed by atoms with Gasteiger partial charge in [0.1, 0.15) is 5.75 Å². The van der Waals surface area contributed by atoms with Crippen molar-refractivity contribution in [2.45, 2.75) is 31.6 Å². The number of Topliss-reactive ketones (excluding diaryl/α,β-unsaturated/α-hetero) is 1. The predicted octanol–water partition coefficient (Wildman–Crippen LogP) is 2.57. The van der Waals surface area contributed by atoms with E-state index in [1.165, 1.54) is 17.3 Å². The maximum Gasteiger partial charge on any atom is 0.262 e. The summed E-state index contributed by atoms with van der Waals surface area (Å²) in [6, 6.07) is 9.66. The van der Waals surface area contributed by atoms with E-state index < -0.39 is 15.9 Å². The zero-order valence-corrected chi connectivity index (χ0v) is 19.2. The van der Waals surface area contributed by atoms with Gasteiger partial charge >= 0.3 is 0 Å². The Labute approximate surface area is 192 Å². The van der Waals surface area contributed by atoms with Crippen molar-refractivity contribution in [3.63, 3.8) is 0 Å². The lowest BCUT2D eigenvalue weighted by atomic mass is 9.98. The summed E-state index contributed by atoms with van der Waals surface area (Å²) in [4.78, 5) is 36.1. The first-order valence-corrected chi connectivity index (χ1v) is 12.1. The molecule has 0 aromatic heterocycles. The minimum absolute atomic E-state index is 0.0503. The number of carbonyl (C=O) groups is 3. The number of anilines is 2. The van der Waals surface area contributed by atoms with Crippen LogP contribution in [0, 0.1) is 12.8 Å². The van der Waals surface area contributed by atoms with Gasteiger partial charge in [-0.2, -0.15) is 4.31 Å². The molecule has 4 rings (SSSR count). The van der Waals surface area contributed by atoms with E-state index in [9.17, 15) is 22.8 Å². The van der Waals surface area contributed by atoms with E-state index in [1.54, 1.807) is 37.3 Å². The molecule has 2 aliphatic heterocycles. The number of hydrogen-bond acceptors (Lipinski definition) is 6. The molecule has 1 atom stereocenters. The molecule has 2 heterocycles. The number of fused-ring (bicyclic) bond motifs is 1. The van der Waals surface area contributed by atoms with E-state index in [1.807, 2.05) is 0 Å². The Morgan fingerprint density at radius 3 is 2.76 bits per heavy atom. The van der Waals surface area contributed by atoms with Crippen LogP contribution < -0.4 is 15.4 Å². The first kappa shape index (κ1) is 22.9. The van der Waals surface area contributed by atoms with Gasteiger partial charge in [-0.3, -0.25) is 14.4 Å². The Morgan fingerprint density at radius 2 is 2.00 bits per heavy atom. The number of aryl methyl sites for hydroxylation is 1. The molecule has 9 nitrogen and oxygen atoms in total. The number of sulfonamides is 1. The van der Waals surface area contributed by atoms with E-state index in [2.05, 4.69) is 10.6 Å². The molecule has 2 N–H and O–H groups in total. The van der Waals surface area contributed by atoms with Gasteiger partial charge in [-0.05, 0) is 50.5 Å². The van der Waals surface area contributed by atoms with Gasteiger partial charge in [0.2, 0.25) is 15.9 Å². The fraction of sp³-hybridized carbons (Fsp3) is 0.348. The minimum Gasteiger partial charge on any atom is -0.482 e. The Bertz CT molecular complexity index is 1240. The number of rotatable bonds is 5. The summed E-state index contributed by atoms with van der Waals surface area (Å²) in [6.07, 6.45) is 1.10. The quantitative estimate of drug-likeness (QED) is 0.647. The molecule has 2 amide bonds.